The first-order valence-electron chi connectivity index (χ1n) is 9.30. The fraction of sp³-hybridized carbons (Fsp3) is 0.182. The molecule has 0 aliphatic heterocycles. The zero-order chi connectivity index (χ0) is 20.4. The van der Waals surface area contributed by atoms with Crippen LogP contribution in [0.25, 0.3) is 22.2 Å². The van der Waals surface area contributed by atoms with Crippen LogP contribution in [-0.2, 0) is 22.1 Å². The number of nitrogens with zero attached hydrogens (tertiary/aromatic N) is 3. The Morgan fingerprint density at radius 1 is 0.931 bits per heavy atom. The van der Waals surface area contributed by atoms with E-state index in [9.17, 15) is 8.42 Å². The van der Waals surface area contributed by atoms with E-state index in [1.807, 2.05) is 30.3 Å². The lowest BCUT2D eigenvalue weighted by atomic mass is 10.0. The average Bonchev–Trinajstić information content (AvgIpc) is 3.14. The van der Waals surface area contributed by atoms with Crippen LogP contribution in [0.2, 0.25) is 0 Å². The molecule has 0 saturated heterocycles. The fourth-order valence-corrected chi connectivity index (χ4v) is 4.87. The summed E-state index contributed by atoms with van der Waals surface area (Å²) in [5.41, 5.74) is 2.11. The van der Waals surface area contributed by atoms with E-state index in [0.717, 1.165) is 34.0 Å². The summed E-state index contributed by atoms with van der Waals surface area (Å²) in [6.07, 6.45) is 1.22. The molecule has 29 heavy (non-hydrogen) atoms. The Bertz CT molecular complexity index is 1260. The molecular formula is C22H21N3O2S2. The number of thioether (sulfide) groups is 1. The van der Waals surface area contributed by atoms with Crippen LogP contribution in [-0.4, -0.2) is 29.4 Å². The van der Waals surface area contributed by atoms with E-state index in [2.05, 4.69) is 46.0 Å². The molecule has 0 spiro atoms. The lowest BCUT2D eigenvalue weighted by Crippen LogP contribution is -2.00. The third-order valence-corrected chi connectivity index (χ3v) is 6.95. The monoisotopic (exact) mass is 423 g/mol. The maximum Gasteiger partial charge on any atom is 0.191 e. The van der Waals surface area contributed by atoms with Crippen LogP contribution in [0, 0.1) is 0 Å². The molecule has 0 N–H and O–H groups in total. The standard InChI is InChI=1S/C22H21N3O2S2/c1-3-25-21(20-10-6-8-17-7-4-5-9-19(17)20)23-24-22(25)28-15-16-11-13-18(14-12-16)29(2,26)27/h4-14H,3,15H2,1-2H3. The Hall–Kier alpha value is -2.64. The highest BCUT2D eigenvalue weighted by molar-refractivity contribution is 7.98. The molecule has 0 bridgehead atoms. The molecule has 0 aliphatic rings. The summed E-state index contributed by atoms with van der Waals surface area (Å²) < 4.78 is 25.3. The van der Waals surface area contributed by atoms with Crippen molar-refractivity contribution >= 4 is 32.4 Å². The molecule has 0 amide bonds. The van der Waals surface area contributed by atoms with Gasteiger partial charge in [0.1, 0.15) is 0 Å². The van der Waals surface area contributed by atoms with Crippen LogP contribution in [0.4, 0.5) is 0 Å². The Balaban J connectivity index is 1.61. The predicted molar refractivity (Wildman–Crippen MR) is 118 cm³/mol. The second-order valence-electron chi connectivity index (χ2n) is 6.78. The van der Waals surface area contributed by atoms with E-state index in [-0.39, 0.29) is 0 Å². The van der Waals surface area contributed by atoms with Gasteiger partial charge in [-0.2, -0.15) is 0 Å². The van der Waals surface area contributed by atoms with Gasteiger partial charge >= 0.3 is 0 Å². The van der Waals surface area contributed by atoms with Gasteiger partial charge in [-0.05, 0) is 35.4 Å². The lowest BCUT2D eigenvalue weighted by molar-refractivity contribution is 0.602. The van der Waals surface area contributed by atoms with E-state index in [1.165, 1.54) is 11.6 Å². The number of rotatable bonds is 6. The zero-order valence-electron chi connectivity index (χ0n) is 16.2. The summed E-state index contributed by atoms with van der Waals surface area (Å²) >= 11 is 1.60. The van der Waals surface area contributed by atoms with Crippen molar-refractivity contribution in [2.24, 2.45) is 0 Å². The van der Waals surface area contributed by atoms with Crippen molar-refractivity contribution in [2.45, 2.75) is 29.3 Å². The second kappa shape index (κ2) is 8.00. The van der Waals surface area contributed by atoms with Crippen molar-refractivity contribution in [3.63, 3.8) is 0 Å². The maximum atomic E-state index is 11.6. The average molecular weight is 424 g/mol. The number of hydrogen-bond donors (Lipinski definition) is 0. The van der Waals surface area contributed by atoms with E-state index in [1.54, 1.807) is 23.9 Å². The van der Waals surface area contributed by atoms with Gasteiger partial charge in [-0.15, -0.1) is 10.2 Å². The van der Waals surface area contributed by atoms with Gasteiger partial charge in [-0.25, -0.2) is 8.42 Å². The van der Waals surface area contributed by atoms with Crippen LogP contribution in [0.15, 0.2) is 76.8 Å². The van der Waals surface area contributed by atoms with Crippen LogP contribution in [0.1, 0.15) is 12.5 Å². The molecule has 0 unspecified atom stereocenters. The van der Waals surface area contributed by atoms with Crippen LogP contribution < -0.4 is 0 Å². The smallest absolute Gasteiger partial charge is 0.191 e. The second-order valence-corrected chi connectivity index (χ2v) is 9.74. The number of benzene rings is 3. The van der Waals surface area contributed by atoms with Gasteiger partial charge in [0, 0.05) is 24.1 Å². The lowest BCUT2D eigenvalue weighted by Gasteiger charge is -2.10. The quantitative estimate of drug-likeness (QED) is 0.416. The minimum atomic E-state index is -3.18. The van der Waals surface area contributed by atoms with E-state index >= 15 is 0 Å². The molecule has 148 valence electrons. The summed E-state index contributed by atoms with van der Waals surface area (Å²) in [5.74, 6) is 1.55. The highest BCUT2D eigenvalue weighted by Gasteiger charge is 2.15. The molecule has 0 saturated carbocycles. The molecule has 4 aromatic rings. The molecule has 7 heteroatoms. The molecule has 1 aromatic heterocycles. The highest BCUT2D eigenvalue weighted by Crippen LogP contribution is 2.31. The molecule has 0 fully saturated rings. The summed E-state index contributed by atoms with van der Waals surface area (Å²) in [6, 6.07) is 21.5. The minimum Gasteiger partial charge on any atom is -0.302 e. The van der Waals surface area contributed by atoms with Crippen LogP contribution >= 0.6 is 11.8 Å². The third-order valence-electron chi connectivity index (χ3n) is 4.78. The first-order chi connectivity index (χ1) is 14.0. The van der Waals surface area contributed by atoms with Crippen molar-refractivity contribution in [3.05, 3.63) is 72.3 Å². The van der Waals surface area contributed by atoms with Gasteiger partial charge in [0.15, 0.2) is 20.8 Å². The Labute approximate surface area is 174 Å². The maximum absolute atomic E-state index is 11.6. The van der Waals surface area contributed by atoms with Gasteiger partial charge in [0.2, 0.25) is 0 Å². The molecule has 0 aliphatic carbocycles. The van der Waals surface area contributed by atoms with Gasteiger partial charge in [0.05, 0.1) is 4.90 Å². The van der Waals surface area contributed by atoms with Gasteiger partial charge in [0.25, 0.3) is 0 Å². The normalized spacial score (nSPS) is 11.8. The predicted octanol–water partition coefficient (Wildman–Crippen LogP) is 4.81. The molecular weight excluding hydrogens is 402 g/mol. The van der Waals surface area contributed by atoms with E-state index < -0.39 is 9.84 Å². The third kappa shape index (κ3) is 4.06. The van der Waals surface area contributed by atoms with Crippen molar-refractivity contribution in [2.75, 3.05) is 6.26 Å². The Kier molecular flexibility index (Phi) is 5.43. The van der Waals surface area contributed by atoms with Crippen molar-refractivity contribution in [1.82, 2.24) is 14.8 Å². The van der Waals surface area contributed by atoms with Gasteiger partial charge in [-0.1, -0.05) is 66.4 Å². The molecule has 0 radical (unpaired) electrons. The molecule has 3 aromatic carbocycles. The summed E-state index contributed by atoms with van der Waals surface area (Å²) in [4.78, 5) is 0.334. The van der Waals surface area contributed by atoms with Crippen molar-refractivity contribution in [3.8, 4) is 11.4 Å². The summed E-state index contributed by atoms with van der Waals surface area (Å²) in [7, 11) is -3.18. The number of hydrogen-bond acceptors (Lipinski definition) is 5. The summed E-state index contributed by atoms with van der Waals surface area (Å²) in [5, 5.41) is 12.1. The summed E-state index contributed by atoms with van der Waals surface area (Å²) in [6.45, 7) is 2.85. The molecule has 1 heterocycles. The molecule has 0 atom stereocenters. The number of sulfone groups is 1. The van der Waals surface area contributed by atoms with Gasteiger partial charge in [-0.3, -0.25) is 0 Å². The molecule has 5 nitrogen and oxygen atoms in total. The van der Waals surface area contributed by atoms with Gasteiger partial charge < -0.3 is 4.57 Å². The van der Waals surface area contributed by atoms with E-state index in [0.29, 0.717) is 10.6 Å². The molecule has 4 rings (SSSR count). The number of aromatic nitrogens is 3. The number of fused-ring (bicyclic) bond motifs is 1. The largest absolute Gasteiger partial charge is 0.302 e. The van der Waals surface area contributed by atoms with Crippen LogP contribution in [0.5, 0.6) is 0 Å². The Morgan fingerprint density at radius 3 is 2.38 bits per heavy atom. The SMILES string of the molecule is CCn1c(SCc2ccc(S(C)(=O)=O)cc2)nnc1-c1cccc2ccccc12. The van der Waals surface area contributed by atoms with Crippen LogP contribution in [0.3, 0.4) is 0 Å². The zero-order valence-corrected chi connectivity index (χ0v) is 17.9. The van der Waals surface area contributed by atoms with Crippen molar-refractivity contribution in [1.29, 1.82) is 0 Å². The first kappa shape index (κ1) is 19.7. The van der Waals surface area contributed by atoms with Crippen molar-refractivity contribution < 1.29 is 8.42 Å². The minimum absolute atomic E-state index is 0.334. The highest BCUT2D eigenvalue weighted by atomic mass is 32.2. The Morgan fingerprint density at radius 2 is 1.66 bits per heavy atom. The van der Waals surface area contributed by atoms with E-state index in [4.69, 9.17) is 0 Å². The fourth-order valence-electron chi connectivity index (χ4n) is 3.28. The first-order valence-corrected chi connectivity index (χ1v) is 12.2. The topological polar surface area (TPSA) is 64.8 Å².